The number of nitro groups is 1. The number of nitrogens with one attached hydrogen (secondary N) is 1. The van der Waals surface area contributed by atoms with Crippen LogP contribution < -0.4 is 15.8 Å². The molecule has 1 atom stereocenters. The lowest BCUT2D eigenvalue weighted by molar-refractivity contribution is -0.386. The number of carbonyl (C=O) groups is 1. The molecule has 0 aromatic heterocycles. The maximum Gasteiger partial charge on any atom is 0.312 e. The Balaban J connectivity index is 3.05. The van der Waals surface area contributed by atoms with Gasteiger partial charge in [0, 0.05) is 12.1 Å². The Kier molecular flexibility index (Phi) is 5.62. The van der Waals surface area contributed by atoms with E-state index in [-0.39, 0.29) is 16.8 Å². The number of rotatable bonds is 7. The van der Waals surface area contributed by atoms with Crippen LogP contribution in [-0.2, 0) is 4.79 Å². The molecule has 0 radical (unpaired) electrons. The Morgan fingerprint density at radius 3 is 2.71 bits per heavy atom. The van der Waals surface area contributed by atoms with E-state index in [1.165, 1.54) is 6.92 Å². The van der Waals surface area contributed by atoms with Gasteiger partial charge in [-0.3, -0.25) is 14.9 Å². The topological polar surface area (TPSA) is 107 Å². The number of nitrogens with two attached hydrogens (primary N) is 1. The maximum absolute atomic E-state index is 13.5. The van der Waals surface area contributed by atoms with E-state index in [0.29, 0.717) is 6.54 Å². The van der Waals surface area contributed by atoms with Crippen molar-refractivity contribution in [2.75, 3.05) is 13.2 Å². The molecule has 0 aliphatic carbocycles. The maximum atomic E-state index is 13.5. The van der Waals surface area contributed by atoms with Gasteiger partial charge < -0.3 is 15.8 Å². The SMILES string of the molecule is CCNC(C)(COc1cc(F)c(Br)cc1[N+](=O)[O-])C(N)=O. The lowest BCUT2D eigenvalue weighted by atomic mass is 10.0. The Morgan fingerprint density at radius 2 is 2.24 bits per heavy atom. The second-order valence-corrected chi connectivity index (χ2v) is 5.36. The minimum Gasteiger partial charge on any atom is -0.484 e. The number of amides is 1. The number of halogens is 2. The largest absolute Gasteiger partial charge is 0.484 e. The van der Waals surface area contributed by atoms with Crippen LogP contribution in [0.3, 0.4) is 0 Å². The quantitative estimate of drug-likeness (QED) is 0.566. The molecule has 1 aromatic carbocycles. The van der Waals surface area contributed by atoms with Crippen molar-refractivity contribution in [3.05, 3.63) is 32.5 Å². The first-order valence-electron chi connectivity index (χ1n) is 6.02. The Bertz CT molecular complexity index is 570. The first kappa shape index (κ1) is 17.3. The molecule has 3 N–H and O–H groups in total. The smallest absolute Gasteiger partial charge is 0.312 e. The Hall–Kier alpha value is -1.74. The van der Waals surface area contributed by atoms with Gasteiger partial charge in [0.1, 0.15) is 18.0 Å². The van der Waals surface area contributed by atoms with Crippen LogP contribution in [0.1, 0.15) is 13.8 Å². The summed E-state index contributed by atoms with van der Waals surface area (Å²) in [5.41, 5.74) is 3.65. The zero-order valence-corrected chi connectivity index (χ0v) is 13.1. The van der Waals surface area contributed by atoms with Crippen LogP contribution in [-0.4, -0.2) is 29.5 Å². The van der Waals surface area contributed by atoms with Gasteiger partial charge in [0.2, 0.25) is 5.91 Å². The van der Waals surface area contributed by atoms with Crippen LogP contribution in [0.15, 0.2) is 16.6 Å². The minimum atomic E-state index is -1.22. The monoisotopic (exact) mass is 363 g/mol. The van der Waals surface area contributed by atoms with E-state index in [4.69, 9.17) is 10.5 Å². The van der Waals surface area contributed by atoms with Crippen molar-refractivity contribution in [1.29, 1.82) is 0 Å². The Morgan fingerprint density at radius 1 is 1.62 bits per heavy atom. The second-order valence-electron chi connectivity index (χ2n) is 4.51. The van der Waals surface area contributed by atoms with Crippen LogP contribution in [0.25, 0.3) is 0 Å². The molecule has 7 nitrogen and oxygen atoms in total. The van der Waals surface area contributed by atoms with Gasteiger partial charge in [-0.2, -0.15) is 0 Å². The van der Waals surface area contributed by atoms with Crippen LogP contribution in [0.4, 0.5) is 10.1 Å². The van der Waals surface area contributed by atoms with E-state index in [1.807, 2.05) is 0 Å². The fourth-order valence-corrected chi connectivity index (χ4v) is 1.93. The molecule has 0 saturated carbocycles. The van der Waals surface area contributed by atoms with Crippen molar-refractivity contribution < 1.29 is 18.8 Å². The third-order valence-corrected chi connectivity index (χ3v) is 3.43. The zero-order chi connectivity index (χ0) is 16.2. The van der Waals surface area contributed by atoms with E-state index in [2.05, 4.69) is 21.2 Å². The van der Waals surface area contributed by atoms with Gasteiger partial charge >= 0.3 is 5.69 Å². The molecule has 21 heavy (non-hydrogen) atoms. The highest BCUT2D eigenvalue weighted by atomic mass is 79.9. The van der Waals surface area contributed by atoms with Crippen molar-refractivity contribution >= 4 is 27.5 Å². The lowest BCUT2D eigenvalue weighted by Crippen LogP contribution is -2.57. The summed E-state index contributed by atoms with van der Waals surface area (Å²) in [6, 6.07) is 1.88. The van der Waals surface area contributed by atoms with Crippen LogP contribution in [0, 0.1) is 15.9 Å². The average Bonchev–Trinajstić information content (AvgIpc) is 2.39. The van der Waals surface area contributed by atoms with Crippen LogP contribution in [0.2, 0.25) is 0 Å². The fourth-order valence-electron chi connectivity index (χ4n) is 1.60. The van der Waals surface area contributed by atoms with Crippen molar-refractivity contribution in [3.63, 3.8) is 0 Å². The predicted molar refractivity (Wildman–Crippen MR) is 77.5 cm³/mol. The van der Waals surface area contributed by atoms with E-state index < -0.39 is 27.9 Å². The van der Waals surface area contributed by atoms with E-state index in [1.54, 1.807) is 6.92 Å². The normalized spacial score (nSPS) is 13.5. The van der Waals surface area contributed by atoms with E-state index >= 15 is 0 Å². The molecule has 0 spiro atoms. The summed E-state index contributed by atoms with van der Waals surface area (Å²) >= 11 is 2.87. The third-order valence-electron chi connectivity index (χ3n) is 2.83. The van der Waals surface area contributed by atoms with E-state index in [0.717, 1.165) is 12.1 Å². The number of nitrogens with zero attached hydrogens (tertiary/aromatic N) is 1. The first-order valence-corrected chi connectivity index (χ1v) is 6.81. The molecule has 0 aliphatic rings. The summed E-state index contributed by atoms with van der Waals surface area (Å²) < 4.78 is 18.7. The first-order chi connectivity index (χ1) is 9.71. The molecular weight excluding hydrogens is 349 g/mol. The molecule has 9 heteroatoms. The molecule has 0 fully saturated rings. The number of ether oxygens (including phenoxy) is 1. The van der Waals surface area contributed by atoms with Gasteiger partial charge in [-0.1, -0.05) is 6.92 Å². The van der Waals surface area contributed by atoms with Crippen molar-refractivity contribution in [3.8, 4) is 5.75 Å². The molecule has 1 unspecified atom stereocenters. The van der Waals surface area contributed by atoms with Gasteiger partial charge in [0.25, 0.3) is 0 Å². The summed E-state index contributed by atoms with van der Waals surface area (Å²) in [6.45, 7) is 3.44. The van der Waals surface area contributed by atoms with Gasteiger partial charge in [0.05, 0.1) is 9.40 Å². The molecule has 0 aliphatic heterocycles. The zero-order valence-electron chi connectivity index (χ0n) is 11.5. The molecule has 116 valence electrons. The molecule has 1 rings (SSSR count). The van der Waals surface area contributed by atoms with Gasteiger partial charge in [-0.15, -0.1) is 0 Å². The summed E-state index contributed by atoms with van der Waals surface area (Å²) in [6.07, 6.45) is 0. The molecule has 0 heterocycles. The van der Waals surface area contributed by atoms with Crippen LogP contribution >= 0.6 is 15.9 Å². The van der Waals surface area contributed by atoms with Crippen molar-refractivity contribution in [2.45, 2.75) is 19.4 Å². The molecular formula is C12H15BrFN3O4. The van der Waals surface area contributed by atoms with Gasteiger partial charge in [-0.25, -0.2) is 4.39 Å². The molecule has 1 amide bonds. The number of carbonyl (C=O) groups excluding carboxylic acids is 1. The average molecular weight is 364 g/mol. The highest BCUT2D eigenvalue weighted by Gasteiger charge is 2.32. The molecule has 0 bridgehead atoms. The van der Waals surface area contributed by atoms with Gasteiger partial charge in [0.15, 0.2) is 5.75 Å². The summed E-state index contributed by atoms with van der Waals surface area (Å²) in [4.78, 5) is 21.7. The van der Waals surface area contributed by atoms with Gasteiger partial charge in [-0.05, 0) is 29.4 Å². The standard InChI is InChI=1S/C12H15BrFN3O4/c1-3-16-12(2,11(15)18)6-21-10-5-8(14)7(13)4-9(10)17(19)20/h4-5,16H,3,6H2,1-2H3,(H2,15,18). The highest BCUT2D eigenvalue weighted by Crippen LogP contribution is 2.32. The lowest BCUT2D eigenvalue weighted by Gasteiger charge is -2.26. The fraction of sp³-hybridized carbons (Fsp3) is 0.417. The van der Waals surface area contributed by atoms with Crippen molar-refractivity contribution in [2.24, 2.45) is 5.73 Å². The predicted octanol–water partition coefficient (Wildman–Crippen LogP) is 1.73. The van der Waals surface area contributed by atoms with E-state index in [9.17, 15) is 19.3 Å². The number of primary amides is 1. The number of benzene rings is 1. The highest BCUT2D eigenvalue weighted by molar-refractivity contribution is 9.10. The Labute approximate surface area is 128 Å². The second kappa shape index (κ2) is 6.81. The number of hydrogen-bond donors (Lipinski definition) is 2. The third kappa shape index (κ3) is 4.11. The summed E-state index contributed by atoms with van der Waals surface area (Å²) in [5.74, 6) is -1.66. The minimum absolute atomic E-state index is 0.0501. The molecule has 0 saturated heterocycles. The number of nitro benzene ring substituents is 1. The number of hydrogen-bond acceptors (Lipinski definition) is 5. The molecule has 1 aromatic rings. The number of likely N-dealkylation sites (N-methyl/N-ethyl adjacent to an activating group) is 1. The summed E-state index contributed by atoms with van der Waals surface area (Å²) in [7, 11) is 0. The summed E-state index contributed by atoms with van der Waals surface area (Å²) in [5, 5.41) is 13.8. The van der Waals surface area contributed by atoms with Crippen molar-refractivity contribution in [1.82, 2.24) is 5.32 Å². The van der Waals surface area contributed by atoms with Crippen LogP contribution in [0.5, 0.6) is 5.75 Å².